The summed E-state index contributed by atoms with van der Waals surface area (Å²) in [5.74, 6) is 1.75. The number of aromatic nitrogens is 2. The van der Waals surface area contributed by atoms with E-state index in [1.807, 2.05) is 13.1 Å². The third-order valence-electron chi connectivity index (χ3n) is 3.19. The van der Waals surface area contributed by atoms with E-state index in [0.29, 0.717) is 34.9 Å². The number of ether oxygens (including phenoxy) is 1. The van der Waals surface area contributed by atoms with Crippen molar-refractivity contribution in [3.05, 3.63) is 29.1 Å². The molecule has 5 nitrogen and oxygen atoms in total. The molecule has 1 atom stereocenters. The van der Waals surface area contributed by atoms with Gasteiger partial charge in [-0.25, -0.2) is 0 Å². The van der Waals surface area contributed by atoms with E-state index in [9.17, 15) is 0 Å². The molecule has 6 heteroatoms. The molecule has 1 heterocycles. The van der Waals surface area contributed by atoms with Crippen LogP contribution in [0, 0.1) is 0 Å². The highest BCUT2D eigenvalue weighted by Crippen LogP contribution is 2.30. The second kappa shape index (κ2) is 6.72. The molecule has 0 amide bonds. The van der Waals surface area contributed by atoms with Gasteiger partial charge in [-0.05, 0) is 31.7 Å². The molecule has 0 aliphatic carbocycles. The summed E-state index contributed by atoms with van der Waals surface area (Å²) in [4.78, 5) is 4.41. The van der Waals surface area contributed by atoms with Crippen LogP contribution in [0.5, 0.6) is 5.75 Å². The zero-order valence-corrected chi connectivity index (χ0v) is 12.6. The molecule has 0 saturated carbocycles. The largest absolute Gasteiger partial charge is 0.496 e. The zero-order valence-electron chi connectivity index (χ0n) is 11.8. The molecule has 0 aliphatic rings. The van der Waals surface area contributed by atoms with Gasteiger partial charge in [0, 0.05) is 17.5 Å². The average Bonchev–Trinajstić information content (AvgIpc) is 2.92. The minimum absolute atomic E-state index is 0.329. The number of nitrogens with one attached hydrogen (secondary N) is 1. The maximum Gasteiger partial charge on any atom is 0.228 e. The Bertz CT molecular complexity index is 567. The molecule has 0 radical (unpaired) electrons. The lowest BCUT2D eigenvalue weighted by Crippen LogP contribution is -2.26. The second-order valence-corrected chi connectivity index (χ2v) is 4.89. The molecule has 1 aromatic heterocycles. The molecule has 0 bridgehead atoms. The van der Waals surface area contributed by atoms with Crippen LogP contribution in [0.4, 0.5) is 0 Å². The Hall–Kier alpha value is -1.59. The summed E-state index contributed by atoms with van der Waals surface area (Å²) in [5.41, 5.74) is 0.768. The van der Waals surface area contributed by atoms with Gasteiger partial charge in [-0.1, -0.05) is 23.7 Å². The maximum atomic E-state index is 5.94. The first kappa shape index (κ1) is 14.8. The molecule has 1 unspecified atom stereocenters. The highest BCUT2D eigenvalue weighted by molar-refractivity contribution is 6.30. The lowest BCUT2D eigenvalue weighted by molar-refractivity contribution is 0.358. The number of halogens is 1. The quantitative estimate of drug-likeness (QED) is 0.888. The Morgan fingerprint density at radius 2 is 2.25 bits per heavy atom. The minimum atomic E-state index is 0.329. The summed E-state index contributed by atoms with van der Waals surface area (Å²) in [5, 5.41) is 7.83. The predicted octanol–water partition coefficient (Wildman–Crippen LogP) is 2.94. The minimum Gasteiger partial charge on any atom is -0.496 e. The van der Waals surface area contributed by atoms with Crippen molar-refractivity contribution in [2.45, 2.75) is 25.8 Å². The van der Waals surface area contributed by atoms with E-state index in [-0.39, 0.29) is 0 Å². The molecule has 1 aromatic carbocycles. The third kappa shape index (κ3) is 3.29. The Morgan fingerprint density at radius 3 is 2.90 bits per heavy atom. The Labute approximate surface area is 123 Å². The fraction of sp³-hybridized carbons (Fsp3) is 0.429. The summed E-state index contributed by atoms with van der Waals surface area (Å²) >= 11 is 5.94. The van der Waals surface area contributed by atoms with Gasteiger partial charge in [0.1, 0.15) is 5.75 Å². The highest BCUT2D eigenvalue weighted by atomic mass is 35.5. The van der Waals surface area contributed by atoms with Gasteiger partial charge in [0.15, 0.2) is 0 Å². The number of nitrogens with zero attached hydrogens (tertiary/aromatic N) is 2. The first-order chi connectivity index (χ1) is 9.67. The van der Waals surface area contributed by atoms with Crippen LogP contribution in [-0.4, -0.2) is 30.3 Å². The zero-order chi connectivity index (χ0) is 14.5. The van der Waals surface area contributed by atoms with E-state index in [2.05, 4.69) is 22.4 Å². The van der Waals surface area contributed by atoms with Crippen LogP contribution in [-0.2, 0) is 6.42 Å². The fourth-order valence-corrected chi connectivity index (χ4v) is 2.12. The Kier molecular flexibility index (Phi) is 4.98. The first-order valence-corrected chi connectivity index (χ1v) is 6.89. The molecule has 108 valence electrons. The van der Waals surface area contributed by atoms with Gasteiger partial charge in [-0.2, -0.15) is 4.98 Å². The Morgan fingerprint density at radius 1 is 1.45 bits per heavy atom. The van der Waals surface area contributed by atoms with Crippen molar-refractivity contribution < 1.29 is 9.26 Å². The number of benzene rings is 1. The van der Waals surface area contributed by atoms with Crippen LogP contribution in [0.15, 0.2) is 22.7 Å². The van der Waals surface area contributed by atoms with Crippen LogP contribution in [0.2, 0.25) is 5.02 Å². The number of likely N-dealkylation sites (N-methyl/N-ethyl adjacent to an activating group) is 1. The molecule has 0 saturated heterocycles. The number of rotatable bonds is 6. The lowest BCUT2D eigenvalue weighted by Gasteiger charge is -2.09. The van der Waals surface area contributed by atoms with Crippen molar-refractivity contribution in [2.24, 2.45) is 0 Å². The molecule has 1 N–H and O–H groups in total. The standard InChI is InChI=1S/C14H18ClN3O2/c1-4-10(16-2)8-13-17-14(18-20-13)11-6-5-9(15)7-12(11)19-3/h5-7,10,16H,4,8H2,1-3H3. The summed E-state index contributed by atoms with van der Waals surface area (Å²) in [6.45, 7) is 2.11. The summed E-state index contributed by atoms with van der Waals surface area (Å²) < 4.78 is 10.6. The van der Waals surface area contributed by atoms with Gasteiger partial charge < -0.3 is 14.6 Å². The average molecular weight is 296 g/mol. The first-order valence-electron chi connectivity index (χ1n) is 6.51. The van der Waals surface area contributed by atoms with Gasteiger partial charge >= 0.3 is 0 Å². The molecule has 0 fully saturated rings. The summed E-state index contributed by atoms with van der Waals surface area (Å²) in [6.07, 6.45) is 1.70. The van der Waals surface area contributed by atoms with Crippen molar-refractivity contribution in [2.75, 3.05) is 14.2 Å². The van der Waals surface area contributed by atoms with E-state index < -0.39 is 0 Å². The van der Waals surface area contributed by atoms with Crippen LogP contribution in [0.25, 0.3) is 11.4 Å². The van der Waals surface area contributed by atoms with Crippen molar-refractivity contribution in [1.29, 1.82) is 0 Å². The Balaban J connectivity index is 2.24. The molecule has 2 rings (SSSR count). The molecular formula is C14H18ClN3O2. The van der Waals surface area contributed by atoms with Crippen LogP contribution in [0.1, 0.15) is 19.2 Å². The topological polar surface area (TPSA) is 60.2 Å². The molecule has 0 spiro atoms. The fourth-order valence-electron chi connectivity index (χ4n) is 1.96. The normalized spacial score (nSPS) is 12.4. The SMILES string of the molecule is CCC(Cc1nc(-c2ccc(Cl)cc2OC)no1)NC. The van der Waals surface area contributed by atoms with E-state index in [0.717, 1.165) is 12.0 Å². The van der Waals surface area contributed by atoms with Crippen LogP contribution < -0.4 is 10.1 Å². The van der Waals surface area contributed by atoms with Crippen molar-refractivity contribution in [3.63, 3.8) is 0 Å². The van der Waals surface area contributed by atoms with Crippen LogP contribution in [0.3, 0.4) is 0 Å². The highest BCUT2D eigenvalue weighted by Gasteiger charge is 2.15. The number of methoxy groups -OCH3 is 1. The summed E-state index contributed by atoms with van der Waals surface area (Å²) in [7, 11) is 3.51. The van der Waals surface area contributed by atoms with E-state index >= 15 is 0 Å². The molecule has 20 heavy (non-hydrogen) atoms. The van der Waals surface area contributed by atoms with Crippen molar-refractivity contribution in [3.8, 4) is 17.1 Å². The third-order valence-corrected chi connectivity index (χ3v) is 3.43. The van der Waals surface area contributed by atoms with E-state index in [1.54, 1.807) is 19.2 Å². The van der Waals surface area contributed by atoms with E-state index in [4.69, 9.17) is 20.9 Å². The van der Waals surface area contributed by atoms with Crippen LogP contribution >= 0.6 is 11.6 Å². The molecule has 0 aliphatic heterocycles. The number of hydrogen-bond acceptors (Lipinski definition) is 5. The van der Waals surface area contributed by atoms with Gasteiger partial charge in [0.05, 0.1) is 12.7 Å². The van der Waals surface area contributed by atoms with Crippen molar-refractivity contribution in [1.82, 2.24) is 15.5 Å². The maximum absolute atomic E-state index is 5.94. The number of hydrogen-bond donors (Lipinski definition) is 1. The predicted molar refractivity (Wildman–Crippen MR) is 78.1 cm³/mol. The second-order valence-electron chi connectivity index (χ2n) is 4.45. The molecular weight excluding hydrogens is 278 g/mol. The molecule has 2 aromatic rings. The van der Waals surface area contributed by atoms with Gasteiger partial charge in [-0.3, -0.25) is 0 Å². The monoisotopic (exact) mass is 295 g/mol. The lowest BCUT2D eigenvalue weighted by atomic mass is 10.1. The van der Waals surface area contributed by atoms with Gasteiger partial charge in [0.2, 0.25) is 11.7 Å². The smallest absolute Gasteiger partial charge is 0.228 e. The summed E-state index contributed by atoms with van der Waals surface area (Å²) in [6, 6.07) is 5.66. The van der Waals surface area contributed by atoms with Gasteiger partial charge in [0.25, 0.3) is 0 Å². The van der Waals surface area contributed by atoms with Crippen molar-refractivity contribution >= 4 is 11.6 Å². The van der Waals surface area contributed by atoms with E-state index in [1.165, 1.54) is 0 Å². The van der Waals surface area contributed by atoms with Gasteiger partial charge in [-0.15, -0.1) is 0 Å².